The molecule has 0 aliphatic carbocycles. The van der Waals surface area contributed by atoms with Gasteiger partial charge >= 0.3 is 0 Å². The molecule has 3 aromatic rings. The van der Waals surface area contributed by atoms with Crippen molar-refractivity contribution in [2.75, 3.05) is 49.2 Å². The summed E-state index contributed by atoms with van der Waals surface area (Å²) >= 11 is 6.40. The van der Waals surface area contributed by atoms with Gasteiger partial charge in [0.25, 0.3) is 5.91 Å². The highest BCUT2D eigenvalue weighted by Gasteiger charge is 2.29. The monoisotopic (exact) mass is 633 g/mol. The lowest BCUT2D eigenvalue weighted by molar-refractivity contribution is -0.177. The largest absolute Gasteiger partial charge is 0.371 e. The Morgan fingerprint density at radius 2 is 1.62 bits per heavy atom. The van der Waals surface area contributed by atoms with Crippen molar-refractivity contribution in [1.82, 2.24) is 10.3 Å². The van der Waals surface area contributed by atoms with Crippen molar-refractivity contribution in [2.45, 2.75) is 84.5 Å². The van der Waals surface area contributed by atoms with Gasteiger partial charge in [-0.2, -0.15) is 5.26 Å². The van der Waals surface area contributed by atoms with E-state index < -0.39 is 0 Å². The summed E-state index contributed by atoms with van der Waals surface area (Å²) in [7, 11) is 0. The van der Waals surface area contributed by atoms with Crippen molar-refractivity contribution in [3.8, 4) is 6.07 Å². The first-order valence-electron chi connectivity index (χ1n) is 16.8. The molecule has 0 unspecified atom stereocenters. The van der Waals surface area contributed by atoms with Crippen LogP contribution in [0.2, 0.25) is 5.02 Å². The topological polar surface area (TPSA) is 93.6 Å². The van der Waals surface area contributed by atoms with Crippen LogP contribution in [0.1, 0.15) is 86.7 Å². The zero-order valence-electron chi connectivity index (χ0n) is 27.0. The number of carbonyl (C=O) groups excluding carboxylic acids is 1. The molecule has 5 rings (SSSR count). The molecule has 0 bridgehead atoms. The molecule has 0 atom stereocenters. The van der Waals surface area contributed by atoms with E-state index in [9.17, 15) is 10.1 Å². The Balaban J connectivity index is 1.13. The zero-order chi connectivity index (χ0) is 31.8. The molecule has 45 heavy (non-hydrogen) atoms. The number of aromatic nitrogens is 1. The van der Waals surface area contributed by atoms with E-state index >= 15 is 0 Å². The molecule has 1 aromatic heterocycles. The van der Waals surface area contributed by atoms with Gasteiger partial charge in [-0.25, -0.2) is 0 Å². The van der Waals surface area contributed by atoms with Crippen LogP contribution in [0.4, 0.5) is 11.4 Å². The lowest BCUT2D eigenvalue weighted by atomic mass is 9.95. The van der Waals surface area contributed by atoms with E-state index in [4.69, 9.17) is 21.1 Å². The minimum atomic E-state index is -0.110. The molecule has 0 spiro atoms. The van der Waals surface area contributed by atoms with Crippen molar-refractivity contribution < 1.29 is 14.3 Å². The number of carbonyl (C=O) groups is 1. The summed E-state index contributed by atoms with van der Waals surface area (Å²) in [5.41, 5.74) is 5.52. The van der Waals surface area contributed by atoms with Gasteiger partial charge in [0.15, 0.2) is 6.29 Å². The number of ether oxygens (including phenoxy) is 2. The van der Waals surface area contributed by atoms with E-state index in [-0.39, 0.29) is 18.2 Å². The quantitative estimate of drug-likeness (QED) is 0.149. The van der Waals surface area contributed by atoms with Crippen LogP contribution in [-0.4, -0.2) is 62.6 Å². The molecule has 2 saturated heterocycles. The highest BCUT2D eigenvalue weighted by molar-refractivity contribution is 6.36. The van der Waals surface area contributed by atoms with Crippen LogP contribution in [0.5, 0.6) is 0 Å². The Hall–Kier alpha value is -3.25. The number of fused-ring (bicyclic) bond motifs is 1. The number of nitriles is 1. The van der Waals surface area contributed by atoms with E-state index in [1.807, 2.05) is 24.3 Å². The van der Waals surface area contributed by atoms with E-state index in [0.29, 0.717) is 22.1 Å². The number of benzene rings is 2. The van der Waals surface area contributed by atoms with Crippen LogP contribution in [0.25, 0.3) is 10.9 Å². The second-order valence-electron chi connectivity index (χ2n) is 12.5. The maximum absolute atomic E-state index is 13.3. The molecule has 0 radical (unpaired) electrons. The van der Waals surface area contributed by atoms with Crippen LogP contribution in [0, 0.1) is 24.2 Å². The van der Waals surface area contributed by atoms with Gasteiger partial charge in [-0.3, -0.25) is 4.79 Å². The zero-order valence-corrected chi connectivity index (χ0v) is 27.8. The SMILES string of the molecule is CCCCOC(OCCCC)C1CCN(c2ccc(C(=O)NC3CCN(c4ccc(Cl)c5c(C#N)c[nH]c45)CC3)cc2C)CC1. The van der Waals surface area contributed by atoms with Gasteiger partial charge in [0, 0.05) is 74.2 Å². The van der Waals surface area contributed by atoms with Crippen molar-refractivity contribution in [3.05, 3.63) is 58.2 Å². The molecule has 0 saturated carbocycles. The summed E-state index contributed by atoms with van der Waals surface area (Å²) in [6, 6.07) is 12.3. The Morgan fingerprint density at radius 3 is 2.24 bits per heavy atom. The second-order valence-corrected chi connectivity index (χ2v) is 12.9. The summed E-state index contributed by atoms with van der Waals surface area (Å²) in [6.07, 6.45) is 9.75. The lowest BCUT2D eigenvalue weighted by Gasteiger charge is -2.37. The second kappa shape index (κ2) is 15.8. The van der Waals surface area contributed by atoms with Gasteiger partial charge in [-0.05, 0) is 81.3 Å². The number of halogens is 1. The molecule has 2 aliphatic heterocycles. The Kier molecular flexibility index (Phi) is 11.7. The van der Waals surface area contributed by atoms with Crippen LogP contribution >= 0.6 is 11.6 Å². The molecule has 2 N–H and O–H groups in total. The third-order valence-electron chi connectivity index (χ3n) is 9.34. The van der Waals surface area contributed by atoms with E-state index in [1.165, 1.54) is 5.69 Å². The normalized spacial score (nSPS) is 16.4. The number of rotatable bonds is 13. The fourth-order valence-corrected chi connectivity index (χ4v) is 6.91. The first kappa shape index (κ1) is 33.1. The summed E-state index contributed by atoms with van der Waals surface area (Å²) in [5.74, 6) is 0.394. The maximum Gasteiger partial charge on any atom is 0.251 e. The van der Waals surface area contributed by atoms with Crippen LogP contribution in [0.15, 0.2) is 36.5 Å². The van der Waals surface area contributed by atoms with E-state index in [2.05, 4.69) is 53.0 Å². The Bertz CT molecular complexity index is 1460. The third-order valence-corrected chi connectivity index (χ3v) is 9.65. The van der Waals surface area contributed by atoms with Gasteiger partial charge in [0.05, 0.1) is 21.8 Å². The molecule has 8 nitrogen and oxygen atoms in total. The minimum Gasteiger partial charge on any atom is -0.371 e. The average Bonchev–Trinajstić information content (AvgIpc) is 3.50. The first-order valence-corrected chi connectivity index (χ1v) is 17.2. The average molecular weight is 634 g/mol. The summed E-state index contributed by atoms with van der Waals surface area (Å²) in [4.78, 5) is 21.3. The number of piperidine rings is 2. The molecule has 242 valence electrons. The predicted octanol–water partition coefficient (Wildman–Crippen LogP) is 7.58. The van der Waals surface area contributed by atoms with Crippen molar-refractivity contribution in [2.24, 2.45) is 5.92 Å². The summed E-state index contributed by atoms with van der Waals surface area (Å²) < 4.78 is 12.4. The molecule has 2 fully saturated rings. The molecule has 3 heterocycles. The minimum absolute atomic E-state index is 0.0185. The van der Waals surface area contributed by atoms with Crippen LogP contribution < -0.4 is 15.1 Å². The number of nitrogens with one attached hydrogen (secondary N) is 2. The highest BCUT2D eigenvalue weighted by Crippen LogP contribution is 2.35. The number of aromatic amines is 1. The maximum atomic E-state index is 13.3. The van der Waals surface area contributed by atoms with Gasteiger partial charge in [0.1, 0.15) is 6.07 Å². The first-order chi connectivity index (χ1) is 21.9. The number of unbranched alkanes of at least 4 members (excludes halogenated alkanes) is 2. The van der Waals surface area contributed by atoms with Gasteiger partial charge in [0.2, 0.25) is 0 Å². The van der Waals surface area contributed by atoms with E-state index in [1.54, 1.807) is 6.20 Å². The summed E-state index contributed by atoms with van der Waals surface area (Å²) in [6.45, 7) is 11.5. The number of H-pyrrole nitrogens is 1. The van der Waals surface area contributed by atoms with Gasteiger partial charge in [-0.1, -0.05) is 38.3 Å². The smallest absolute Gasteiger partial charge is 0.251 e. The standard InChI is InChI=1S/C36H48ClN5O3/c1-4-6-20-44-36(45-21-7-5-2)26-12-16-41(17-13-26)31-10-8-27(22-25(31)3)35(43)40-29-14-18-42(19-15-29)32-11-9-30(37)33-28(23-38)24-39-34(32)33/h8-11,22,24,26,29,36,39H,4-7,12-21H2,1-3H3,(H,40,43). The molecule has 9 heteroatoms. The Morgan fingerprint density at radius 1 is 1.00 bits per heavy atom. The Labute approximate surface area is 273 Å². The number of aryl methyl sites for hydroxylation is 1. The fourth-order valence-electron chi connectivity index (χ4n) is 6.65. The third kappa shape index (κ3) is 7.95. The van der Waals surface area contributed by atoms with Crippen molar-refractivity contribution in [1.29, 1.82) is 5.26 Å². The van der Waals surface area contributed by atoms with Crippen LogP contribution in [0.3, 0.4) is 0 Å². The molecule has 2 aliphatic rings. The van der Waals surface area contributed by atoms with E-state index in [0.717, 1.165) is 113 Å². The molecule has 2 aromatic carbocycles. The highest BCUT2D eigenvalue weighted by atomic mass is 35.5. The number of hydrogen-bond acceptors (Lipinski definition) is 6. The molecular formula is C36H48ClN5O3. The molecular weight excluding hydrogens is 586 g/mol. The van der Waals surface area contributed by atoms with Crippen molar-refractivity contribution >= 4 is 39.8 Å². The number of amides is 1. The van der Waals surface area contributed by atoms with Gasteiger partial charge in [-0.15, -0.1) is 0 Å². The summed E-state index contributed by atoms with van der Waals surface area (Å²) in [5, 5.41) is 14.1. The molecule has 1 amide bonds. The van der Waals surface area contributed by atoms with Crippen molar-refractivity contribution in [3.63, 3.8) is 0 Å². The number of nitrogens with zero attached hydrogens (tertiary/aromatic N) is 3. The lowest BCUT2D eigenvalue weighted by Crippen LogP contribution is -2.44. The number of hydrogen-bond donors (Lipinski definition) is 2. The predicted molar refractivity (Wildman–Crippen MR) is 182 cm³/mol. The fraction of sp³-hybridized carbons (Fsp3) is 0.556. The number of anilines is 2. The van der Waals surface area contributed by atoms with Gasteiger partial charge < -0.3 is 29.6 Å². The van der Waals surface area contributed by atoms with Crippen LogP contribution in [-0.2, 0) is 9.47 Å².